The van der Waals surface area contributed by atoms with E-state index in [0.717, 1.165) is 10.9 Å². The summed E-state index contributed by atoms with van der Waals surface area (Å²) in [6, 6.07) is 7.18. The maximum Gasteiger partial charge on any atom is 0.311 e. The van der Waals surface area contributed by atoms with Gasteiger partial charge in [-0.3, -0.25) is 9.59 Å². The number of carboxylic acid groups (broad SMARTS) is 1. The molecule has 0 heterocycles. The number of hydrogen-bond donors (Lipinski definition) is 2. The van der Waals surface area contributed by atoms with Crippen molar-refractivity contribution in [3.63, 3.8) is 0 Å². The quantitative estimate of drug-likeness (QED) is 0.822. The third-order valence-electron chi connectivity index (χ3n) is 3.86. The maximum absolute atomic E-state index is 12.0. The van der Waals surface area contributed by atoms with E-state index in [1.165, 1.54) is 0 Å². The van der Waals surface area contributed by atoms with Crippen LogP contribution < -0.4 is 10.1 Å². The van der Waals surface area contributed by atoms with E-state index in [1.54, 1.807) is 19.1 Å². The number of amides is 1. The van der Waals surface area contributed by atoms with Crippen molar-refractivity contribution in [3.8, 4) is 5.75 Å². The standard InChI is InChI=1S/C15H18BrNO4/c1-10(21-12-5-3-11(16)4-6-12)13(18)17-9-15(14(19)20)7-2-8-15/h3-6,10H,2,7-9H2,1H3,(H,17,18)(H,19,20). The van der Waals surface area contributed by atoms with Crippen molar-refractivity contribution in [1.82, 2.24) is 5.32 Å². The Labute approximate surface area is 131 Å². The van der Waals surface area contributed by atoms with Crippen LogP contribution >= 0.6 is 15.9 Å². The van der Waals surface area contributed by atoms with E-state index in [9.17, 15) is 14.7 Å². The Hall–Kier alpha value is -1.56. The molecule has 114 valence electrons. The highest BCUT2D eigenvalue weighted by molar-refractivity contribution is 9.10. The molecule has 0 spiro atoms. The van der Waals surface area contributed by atoms with E-state index < -0.39 is 17.5 Å². The van der Waals surface area contributed by atoms with Gasteiger partial charge in [-0.1, -0.05) is 22.4 Å². The molecule has 1 aliphatic carbocycles. The van der Waals surface area contributed by atoms with Crippen molar-refractivity contribution in [2.75, 3.05) is 6.54 Å². The van der Waals surface area contributed by atoms with Gasteiger partial charge in [0.25, 0.3) is 5.91 Å². The lowest BCUT2D eigenvalue weighted by Gasteiger charge is -2.37. The molecule has 2 N–H and O–H groups in total. The molecule has 0 aromatic heterocycles. The molecule has 5 nitrogen and oxygen atoms in total. The van der Waals surface area contributed by atoms with Crippen LogP contribution in [0.1, 0.15) is 26.2 Å². The summed E-state index contributed by atoms with van der Waals surface area (Å²) in [5.41, 5.74) is -0.785. The molecule has 0 saturated heterocycles. The molecule has 6 heteroatoms. The second-order valence-electron chi connectivity index (χ2n) is 5.37. The van der Waals surface area contributed by atoms with E-state index >= 15 is 0 Å². The monoisotopic (exact) mass is 355 g/mol. The van der Waals surface area contributed by atoms with Crippen LogP contribution in [0.15, 0.2) is 28.7 Å². The average molecular weight is 356 g/mol. The van der Waals surface area contributed by atoms with Gasteiger partial charge in [-0.05, 0) is 44.0 Å². The van der Waals surface area contributed by atoms with Crippen LogP contribution in [0.2, 0.25) is 0 Å². The molecule has 1 aromatic carbocycles. The van der Waals surface area contributed by atoms with Crippen LogP contribution in [0, 0.1) is 5.41 Å². The molecule has 21 heavy (non-hydrogen) atoms. The molecule has 1 saturated carbocycles. The summed E-state index contributed by atoms with van der Waals surface area (Å²) < 4.78 is 6.46. The van der Waals surface area contributed by atoms with Crippen molar-refractivity contribution in [2.24, 2.45) is 5.41 Å². The van der Waals surface area contributed by atoms with Crippen LogP contribution in [0.4, 0.5) is 0 Å². The zero-order valence-electron chi connectivity index (χ0n) is 11.8. The van der Waals surface area contributed by atoms with Crippen molar-refractivity contribution < 1.29 is 19.4 Å². The predicted octanol–water partition coefficient (Wildman–Crippen LogP) is 2.59. The Balaban J connectivity index is 1.85. The highest BCUT2D eigenvalue weighted by atomic mass is 79.9. The Bertz CT molecular complexity index is 525. The van der Waals surface area contributed by atoms with Gasteiger partial charge in [-0.2, -0.15) is 0 Å². The largest absolute Gasteiger partial charge is 0.481 e. The van der Waals surface area contributed by atoms with E-state index in [-0.39, 0.29) is 12.5 Å². The van der Waals surface area contributed by atoms with Gasteiger partial charge in [0.05, 0.1) is 5.41 Å². The normalized spacial score (nSPS) is 17.4. The lowest BCUT2D eigenvalue weighted by atomic mass is 9.69. The number of rotatable bonds is 6. The lowest BCUT2D eigenvalue weighted by Crippen LogP contribution is -2.49. The number of ether oxygens (including phenoxy) is 1. The number of nitrogens with one attached hydrogen (secondary N) is 1. The molecule has 0 bridgehead atoms. The number of hydrogen-bond acceptors (Lipinski definition) is 3. The van der Waals surface area contributed by atoms with Gasteiger partial charge in [-0.25, -0.2) is 0 Å². The first-order chi connectivity index (χ1) is 9.93. The number of benzene rings is 1. The Morgan fingerprint density at radius 3 is 2.48 bits per heavy atom. The first kappa shape index (κ1) is 15.8. The lowest BCUT2D eigenvalue weighted by molar-refractivity contribution is -0.154. The fraction of sp³-hybridized carbons (Fsp3) is 0.467. The molecule has 0 aliphatic heterocycles. The van der Waals surface area contributed by atoms with Crippen molar-refractivity contribution >= 4 is 27.8 Å². The minimum absolute atomic E-state index is 0.162. The second kappa shape index (κ2) is 6.47. The van der Waals surface area contributed by atoms with E-state index in [0.29, 0.717) is 18.6 Å². The van der Waals surface area contributed by atoms with Gasteiger partial charge in [0.15, 0.2) is 6.10 Å². The van der Waals surface area contributed by atoms with Crippen molar-refractivity contribution in [3.05, 3.63) is 28.7 Å². The summed E-state index contributed by atoms with van der Waals surface area (Å²) in [5, 5.41) is 11.9. The van der Waals surface area contributed by atoms with Crippen LogP contribution in [0.5, 0.6) is 5.75 Å². The fourth-order valence-electron chi connectivity index (χ4n) is 2.24. The second-order valence-corrected chi connectivity index (χ2v) is 6.29. The zero-order chi connectivity index (χ0) is 15.5. The van der Waals surface area contributed by atoms with Gasteiger partial charge in [-0.15, -0.1) is 0 Å². The van der Waals surface area contributed by atoms with Crippen LogP contribution in [-0.2, 0) is 9.59 Å². The van der Waals surface area contributed by atoms with Crippen LogP contribution in [-0.4, -0.2) is 29.6 Å². The Morgan fingerprint density at radius 2 is 2.00 bits per heavy atom. The fourth-order valence-corrected chi connectivity index (χ4v) is 2.50. The van der Waals surface area contributed by atoms with Gasteiger partial charge in [0.1, 0.15) is 5.75 Å². The molecule has 1 aliphatic rings. The molecule has 1 atom stereocenters. The number of halogens is 1. The molecule has 1 amide bonds. The number of carboxylic acids is 1. The van der Waals surface area contributed by atoms with E-state index in [4.69, 9.17) is 4.74 Å². The smallest absolute Gasteiger partial charge is 0.311 e. The number of carbonyl (C=O) groups is 2. The van der Waals surface area contributed by atoms with Crippen molar-refractivity contribution in [1.29, 1.82) is 0 Å². The topological polar surface area (TPSA) is 75.6 Å². The molecule has 1 fully saturated rings. The van der Waals surface area contributed by atoms with Gasteiger partial charge in [0.2, 0.25) is 0 Å². The molecule has 2 rings (SSSR count). The average Bonchev–Trinajstić information content (AvgIpc) is 2.39. The molecule has 1 unspecified atom stereocenters. The van der Waals surface area contributed by atoms with Crippen molar-refractivity contribution in [2.45, 2.75) is 32.3 Å². The highest BCUT2D eigenvalue weighted by Crippen LogP contribution is 2.40. The van der Waals surface area contributed by atoms with E-state index in [2.05, 4.69) is 21.2 Å². The van der Waals surface area contributed by atoms with Crippen LogP contribution in [0.3, 0.4) is 0 Å². The first-order valence-corrected chi connectivity index (χ1v) is 7.66. The molecular weight excluding hydrogens is 338 g/mol. The summed E-state index contributed by atoms with van der Waals surface area (Å²) >= 11 is 3.32. The first-order valence-electron chi connectivity index (χ1n) is 6.86. The third-order valence-corrected chi connectivity index (χ3v) is 4.39. The van der Waals surface area contributed by atoms with E-state index in [1.807, 2.05) is 12.1 Å². The zero-order valence-corrected chi connectivity index (χ0v) is 13.4. The predicted molar refractivity (Wildman–Crippen MR) is 81.2 cm³/mol. The molecule has 0 radical (unpaired) electrons. The van der Waals surface area contributed by atoms with Gasteiger partial charge >= 0.3 is 5.97 Å². The summed E-state index contributed by atoms with van der Waals surface area (Å²) in [5.74, 6) is -0.543. The minimum Gasteiger partial charge on any atom is -0.481 e. The van der Waals surface area contributed by atoms with Gasteiger partial charge in [0, 0.05) is 11.0 Å². The maximum atomic E-state index is 12.0. The number of carbonyl (C=O) groups excluding carboxylic acids is 1. The third kappa shape index (κ3) is 3.75. The Morgan fingerprint density at radius 1 is 1.38 bits per heavy atom. The highest BCUT2D eigenvalue weighted by Gasteiger charge is 2.44. The van der Waals surface area contributed by atoms with Crippen LogP contribution in [0.25, 0.3) is 0 Å². The molecular formula is C15H18BrNO4. The summed E-state index contributed by atoms with van der Waals surface area (Å²) in [4.78, 5) is 23.2. The summed E-state index contributed by atoms with van der Waals surface area (Å²) in [6.07, 6.45) is 1.46. The molecule has 1 aromatic rings. The SMILES string of the molecule is CC(Oc1ccc(Br)cc1)C(=O)NCC1(C(=O)O)CCC1. The Kier molecular flexibility index (Phi) is 4.88. The summed E-state index contributed by atoms with van der Waals surface area (Å²) in [7, 11) is 0. The minimum atomic E-state index is -0.837. The number of aliphatic carboxylic acids is 1. The van der Waals surface area contributed by atoms with Gasteiger partial charge < -0.3 is 15.2 Å². The summed E-state index contributed by atoms with van der Waals surface area (Å²) in [6.45, 7) is 1.81.